The highest BCUT2D eigenvalue weighted by molar-refractivity contribution is 5.67. The number of carbonyl (C=O) groups is 1. The van der Waals surface area contributed by atoms with Gasteiger partial charge >= 0.3 is 5.97 Å². The highest BCUT2D eigenvalue weighted by atomic mass is 16.5. The molecule has 0 aliphatic rings. The van der Waals surface area contributed by atoms with Gasteiger partial charge in [0, 0.05) is 25.0 Å². The van der Waals surface area contributed by atoms with Crippen LogP contribution in [0, 0.1) is 0 Å². The standard InChI is InChI=1S/C20H19NO4/c1-14(22)24-13-16-5-3-4-6-19(16)20-12-18(25-21-20)11-15-7-9-17(23-2)10-8-15/h3-10,12H,11,13H2,1-2H3. The topological polar surface area (TPSA) is 61.6 Å². The van der Waals surface area contributed by atoms with Crippen LogP contribution in [0.25, 0.3) is 11.3 Å². The van der Waals surface area contributed by atoms with Gasteiger partial charge in [-0.05, 0) is 23.3 Å². The number of nitrogens with zero attached hydrogens (tertiary/aromatic N) is 1. The summed E-state index contributed by atoms with van der Waals surface area (Å²) >= 11 is 0. The molecule has 1 heterocycles. The van der Waals surface area contributed by atoms with E-state index in [1.54, 1.807) is 7.11 Å². The Morgan fingerprint density at radius 2 is 1.88 bits per heavy atom. The van der Waals surface area contributed by atoms with Crippen molar-refractivity contribution in [1.29, 1.82) is 0 Å². The largest absolute Gasteiger partial charge is 0.497 e. The van der Waals surface area contributed by atoms with Crippen LogP contribution in [0.15, 0.2) is 59.1 Å². The van der Waals surface area contributed by atoms with E-state index >= 15 is 0 Å². The minimum absolute atomic E-state index is 0.214. The van der Waals surface area contributed by atoms with Gasteiger partial charge in [0.15, 0.2) is 0 Å². The van der Waals surface area contributed by atoms with E-state index in [1.807, 2.05) is 54.6 Å². The quantitative estimate of drug-likeness (QED) is 0.636. The van der Waals surface area contributed by atoms with Gasteiger partial charge in [0.05, 0.1) is 7.11 Å². The second-order valence-electron chi connectivity index (χ2n) is 5.64. The highest BCUT2D eigenvalue weighted by Gasteiger charge is 2.12. The van der Waals surface area contributed by atoms with Gasteiger partial charge in [-0.2, -0.15) is 0 Å². The monoisotopic (exact) mass is 337 g/mol. The Balaban J connectivity index is 1.78. The first kappa shape index (κ1) is 16.8. The molecule has 0 bridgehead atoms. The molecule has 0 aliphatic heterocycles. The molecule has 0 N–H and O–H groups in total. The third kappa shape index (κ3) is 4.26. The number of esters is 1. The summed E-state index contributed by atoms with van der Waals surface area (Å²) in [6, 6.07) is 17.4. The Hall–Kier alpha value is -3.08. The van der Waals surface area contributed by atoms with Crippen LogP contribution in [0.5, 0.6) is 5.75 Å². The maximum Gasteiger partial charge on any atom is 0.302 e. The van der Waals surface area contributed by atoms with Crippen molar-refractivity contribution < 1.29 is 18.8 Å². The van der Waals surface area contributed by atoms with Gasteiger partial charge in [0.25, 0.3) is 0 Å². The average molecular weight is 337 g/mol. The number of carbonyl (C=O) groups excluding carboxylic acids is 1. The molecule has 0 saturated heterocycles. The van der Waals surface area contributed by atoms with E-state index < -0.39 is 0 Å². The number of aromatic nitrogens is 1. The number of benzene rings is 2. The first-order valence-electron chi connectivity index (χ1n) is 7.96. The fourth-order valence-corrected chi connectivity index (χ4v) is 2.54. The van der Waals surface area contributed by atoms with Crippen LogP contribution in [0.4, 0.5) is 0 Å². The summed E-state index contributed by atoms with van der Waals surface area (Å²) in [7, 11) is 1.64. The number of ether oxygens (including phenoxy) is 2. The molecule has 0 radical (unpaired) electrons. The summed E-state index contributed by atoms with van der Waals surface area (Å²) in [6.45, 7) is 1.61. The lowest BCUT2D eigenvalue weighted by atomic mass is 10.0. The van der Waals surface area contributed by atoms with Crippen molar-refractivity contribution in [2.45, 2.75) is 20.0 Å². The molecule has 5 heteroatoms. The Kier molecular flexibility index (Phi) is 5.14. The van der Waals surface area contributed by atoms with Crippen LogP contribution in [0.2, 0.25) is 0 Å². The Labute approximate surface area is 146 Å². The van der Waals surface area contributed by atoms with E-state index in [4.69, 9.17) is 14.0 Å². The lowest BCUT2D eigenvalue weighted by Gasteiger charge is -2.06. The number of hydrogen-bond donors (Lipinski definition) is 0. The van der Waals surface area contributed by atoms with Crippen molar-refractivity contribution in [3.8, 4) is 17.0 Å². The van der Waals surface area contributed by atoms with Gasteiger partial charge in [-0.25, -0.2) is 0 Å². The zero-order valence-corrected chi connectivity index (χ0v) is 14.2. The number of hydrogen-bond acceptors (Lipinski definition) is 5. The molecule has 0 unspecified atom stereocenters. The smallest absolute Gasteiger partial charge is 0.302 e. The van der Waals surface area contributed by atoms with Crippen molar-refractivity contribution in [3.05, 3.63) is 71.5 Å². The maximum absolute atomic E-state index is 11.1. The normalized spacial score (nSPS) is 10.5. The van der Waals surface area contributed by atoms with Crippen molar-refractivity contribution in [3.63, 3.8) is 0 Å². The van der Waals surface area contributed by atoms with E-state index in [2.05, 4.69) is 5.16 Å². The second kappa shape index (κ2) is 7.66. The summed E-state index contributed by atoms with van der Waals surface area (Å²) < 4.78 is 15.7. The van der Waals surface area contributed by atoms with Crippen molar-refractivity contribution in [1.82, 2.24) is 5.16 Å². The lowest BCUT2D eigenvalue weighted by molar-refractivity contribution is -0.142. The molecule has 5 nitrogen and oxygen atoms in total. The molecule has 2 aromatic carbocycles. The molecular formula is C20H19NO4. The van der Waals surface area contributed by atoms with Crippen molar-refractivity contribution in [2.24, 2.45) is 0 Å². The van der Waals surface area contributed by atoms with E-state index in [9.17, 15) is 4.79 Å². The molecule has 0 saturated carbocycles. The first-order chi connectivity index (χ1) is 12.2. The zero-order chi connectivity index (χ0) is 17.6. The van der Waals surface area contributed by atoms with Crippen LogP contribution in [-0.2, 0) is 22.6 Å². The summed E-state index contributed by atoms with van der Waals surface area (Å²) in [4.78, 5) is 11.1. The van der Waals surface area contributed by atoms with Gasteiger partial charge < -0.3 is 14.0 Å². The van der Waals surface area contributed by atoms with Gasteiger partial charge in [-0.15, -0.1) is 0 Å². The van der Waals surface area contributed by atoms with E-state index in [1.165, 1.54) is 6.92 Å². The zero-order valence-electron chi connectivity index (χ0n) is 14.2. The number of rotatable bonds is 6. The first-order valence-corrected chi connectivity index (χ1v) is 7.96. The third-order valence-electron chi connectivity index (χ3n) is 3.82. The molecule has 3 aromatic rings. The minimum atomic E-state index is -0.310. The van der Waals surface area contributed by atoms with Gasteiger partial charge in [0.2, 0.25) is 0 Å². The summed E-state index contributed by atoms with van der Waals surface area (Å²) in [5, 5.41) is 4.16. The van der Waals surface area contributed by atoms with Crippen LogP contribution < -0.4 is 4.74 Å². The van der Waals surface area contributed by atoms with Gasteiger partial charge in [-0.1, -0.05) is 41.6 Å². The summed E-state index contributed by atoms with van der Waals surface area (Å²) in [5.74, 6) is 1.28. The fraction of sp³-hybridized carbons (Fsp3) is 0.200. The number of methoxy groups -OCH3 is 1. The van der Waals surface area contributed by atoms with Crippen LogP contribution in [-0.4, -0.2) is 18.2 Å². The molecule has 128 valence electrons. The van der Waals surface area contributed by atoms with Crippen molar-refractivity contribution in [2.75, 3.05) is 7.11 Å². The molecule has 0 atom stereocenters. The molecule has 3 rings (SSSR count). The lowest BCUT2D eigenvalue weighted by Crippen LogP contribution is -2.00. The summed E-state index contributed by atoms with van der Waals surface area (Å²) in [6.07, 6.45) is 0.642. The van der Waals surface area contributed by atoms with Crippen LogP contribution >= 0.6 is 0 Å². The second-order valence-corrected chi connectivity index (χ2v) is 5.64. The molecule has 0 fully saturated rings. The molecule has 0 spiro atoms. The van der Waals surface area contributed by atoms with E-state index in [-0.39, 0.29) is 12.6 Å². The maximum atomic E-state index is 11.1. The average Bonchev–Trinajstić information content (AvgIpc) is 3.09. The summed E-state index contributed by atoms with van der Waals surface area (Å²) in [5.41, 5.74) is 3.62. The Bertz CT molecular complexity index is 852. The highest BCUT2D eigenvalue weighted by Crippen LogP contribution is 2.25. The van der Waals surface area contributed by atoms with Crippen LogP contribution in [0.3, 0.4) is 0 Å². The SMILES string of the molecule is COc1ccc(Cc2cc(-c3ccccc3COC(C)=O)no2)cc1. The molecular weight excluding hydrogens is 318 g/mol. The molecule has 25 heavy (non-hydrogen) atoms. The predicted molar refractivity (Wildman–Crippen MR) is 93.2 cm³/mol. The van der Waals surface area contributed by atoms with Crippen LogP contribution in [0.1, 0.15) is 23.8 Å². The van der Waals surface area contributed by atoms with Gasteiger partial charge in [0.1, 0.15) is 23.8 Å². The minimum Gasteiger partial charge on any atom is -0.497 e. The Morgan fingerprint density at radius 1 is 1.12 bits per heavy atom. The van der Waals surface area contributed by atoms with E-state index in [0.29, 0.717) is 6.42 Å². The molecule has 0 amide bonds. The molecule has 1 aromatic heterocycles. The third-order valence-corrected chi connectivity index (χ3v) is 3.82. The van der Waals surface area contributed by atoms with Crippen molar-refractivity contribution >= 4 is 5.97 Å². The fourth-order valence-electron chi connectivity index (χ4n) is 2.54. The predicted octanol–water partition coefficient (Wildman–Crippen LogP) is 4.00. The van der Waals surface area contributed by atoms with Gasteiger partial charge in [-0.3, -0.25) is 4.79 Å². The van der Waals surface area contributed by atoms with E-state index in [0.717, 1.165) is 33.9 Å². The Morgan fingerprint density at radius 3 is 2.60 bits per heavy atom. The molecule has 0 aliphatic carbocycles.